The number of aromatic nitrogens is 2. The van der Waals surface area contributed by atoms with Gasteiger partial charge in [-0.2, -0.15) is 0 Å². The monoisotopic (exact) mass is 272 g/mol. The Kier molecular flexibility index (Phi) is 4.40. The molecule has 2 rings (SSSR count). The lowest BCUT2D eigenvalue weighted by Gasteiger charge is -2.18. The average molecular weight is 272 g/mol. The molecule has 1 atom stereocenters. The van der Waals surface area contributed by atoms with E-state index in [4.69, 9.17) is 4.74 Å². The van der Waals surface area contributed by atoms with Gasteiger partial charge >= 0.3 is 0 Å². The second-order valence-corrected chi connectivity index (χ2v) is 4.63. The van der Waals surface area contributed by atoms with Gasteiger partial charge in [0.15, 0.2) is 11.6 Å². The molecule has 1 unspecified atom stereocenters. The van der Waals surface area contributed by atoms with E-state index in [0.717, 1.165) is 0 Å². The highest BCUT2D eigenvalue weighted by molar-refractivity contribution is 5.63. The van der Waals surface area contributed by atoms with Crippen molar-refractivity contribution in [3.8, 4) is 5.75 Å². The Bertz CT molecular complexity index is 569. The number of ether oxygens (including phenoxy) is 1. The summed E-state index contributed by atoms with van der Waals surface area (Å²) < 4.78 is 5.37. The summed E-state index contributed by atoms with van der Waals surface area (Å²) in [5.41, 5.74) is 2.44. The molecule has 5 nitrogen and oxygen atoms in total. The summed E-state index contributed by atoms with van der Waals surface area (Å²) in [6.45, 7) is 4.17. The van der Waals surface area contributed by atoms with E-state index in [0.29, 0.717) is 17.4 Å². The van der Waals surface area contributed by atoms with E-state index in [2.05, 4.69) is 58.7 Å². The van der Waals surface area contributed by atoms with Gasteiger partial charge in [0.05, 0.1) is 13.2 Å². The van der Waals surface area contributed by atoms with Gasteiger partial charge in [-0.15, -0.1) is 0 Å². The lowest BCUT2D eigenvalue weighted by atomic mass is 10.1. The quantitative estimate of drug-likeness (QED) is 0.876. The lowest BCUT2D eigenvalue weighted by Crippen LogP contribution is -2.10. The summed E-state index contributed by atoms with van der Waals surface area (Å²) in [6.07, 6.45) is 1.51. The van der Waals surface area contributed by atoms with Crippen LogP contribution in [0.15, 0.2) is 30.6 Å². The molecular weight excluding hydrogens is 252 g/mol. The van der Waals surface area contributed by atoms with Crippen molar-refractivity contribution in [3.63, 3.8) is 0 Å². The van der Waals surface area contributed by atoms with Gasteiger partial charge < -0.3 is 15.4 Å². The van der Waals surface area contributed by atoms with Crippen molar-refractivity contribution in [2.45, 2.75) is 19.9 Å². The van der Waals surface area contributed by atoms with Crippen molar-refractivity contribution in [1.82, 2.24) is 9.97 Å². The van der Waals surface area contributed by atoms with Crippen LogP contribution >= 0.6 is 0 Å². The Balaban J connectivity index is 2.23. The van der Waals surface area contributed by atoms with Crippen molar-refractivity contribution in [2.24, 2.45) is 0 Å². The molecule has 2 aromatic rings. The van der Waals surface area contributed by atoms with E-state index in [1.807, 2.05) is 0 Å². The zero-order valence-electron chi connectivity index (χ0n) is 12.3. The number of nitrogens with zero attached hydrogens (tertiary/aromatic N) is 2. The first-order valence-corrected chi connectivity index (χ1v) is 6.55. The van der Waals surface area contributed by atoms with Crippen molar-refractivity contribution >= 4 is 11.6 Å². The van der Waals surface area contributed by atoms with Gasteiger partial charge in [-0.3, -0.25) is 0 Å². The highest BCUT2D eigenvalue weighted by atomic mass is 16.5. The van der Waals surface area contributed by atoms with Gasteiger partial charge in [0.2, 0.25) is 5.75 Å². The Labute approximate surface area is 119 Å². The number of benzene rings is 1. The maximum absolute atomic E-state index is 5.37. The van der Waals surface area contributed by atoms with Crippen LogP contribution in [0.3, 0.4) is 0 Å². The van der Waals surface area contributed by atoms with Crippen LogP contribution < -0.4 is 15.4 Å². The van der Waals surface area contributed by atoms with E-state index in [-0.39, 0.29) is 6.04 Å². The van der Waals surface area contributed by atoms with Crippen LogP contribution in [-0.4, -0.2) is 24.1 Å². The number of methoxy groups -OCH3 is 1. The maximum atomic E-state index is 5.37. The Morgan fingerprint density at radius 2 is 1.75 bits per heavy atom. The molecule has 0 radical (unpaired) electrons. The molecule has 20 heavy (non-hydrogen) atoms. The predicted molar refractivity (Wildman–Crippen MR) is 81.3 cm³/mol. The molecule has 1 heterocycles. The van der Waals surface area contributed by atoms with Crippen molar-refractivity contribution in [1.29, 1.82) is 0 Å². The van der Waals surface area contributed by atoms with Crippen LogP contribution in [0.1, 0.15) is 24.1 Å². The summed E-state index contributed by atoms with van der Waals surface area (Å²) in [5.74, 6) is 1.97. The number of nitrogens with one attached hydrogen (secondary N) is 2. The molecule has 0 aliphatic carbocycles. The number of anilines is 2. The van der Waals surface area contributed by atoms with E-state index in [9.17, 15) is 0 Å². The minimum atomic E-state index is 0.129. The fraction of sp³-hybridized carbons (Fsp3) is 0.333. The molecule has 0 amide bonds. The number of hydrogen-bond donors (Lipinski definition) is 2. The molecule has 1 aromatic carbocycles. The van der Waals surface area contributed by atoms with Crippen LogP contribution in [0.25, 0.3) is 0 Å². The molecular formula is C15H20N4O. The summed E-state index contributed by atoms with van der Waals surface area (Å²) in [7, 11) is 3.42. The average Bonchev–Trinajstić information content (AvgIpc) is 2.47. The van der Waals surface area contributed by atoms with Crippen molar-refractivity contribution in [3.05, 3.63) is 41.7 Å². The number of aryl methyl sites for hydroxylation is 1. The summed E-state index contributed by atoms with van der Waals surface area (Å²) in [6, 6.07) is 8.55. The normalized spacial score (nSPS) is 11.8. The minimum absolute atomic E-state index is 0.129. The van der Waals surface area contributed by atoms with Gasteiger partial charge in [0.25, 0.3) is 0 Å². The molecule has 5 heteroatoms. The molecule has 0 aliphatic heterocycles. The van der Waals surface area contributed by atoms with Gasteiger partial charge in [-0.1, -0.05) is 29.8 Å². The highest BCUT2D eigenvalue weighted by Crippen LogP contribution is 2.31. The number of hydrogen-bond acceptors (Lipinski definition) is 5. The summed E-state index contributed by atoms with van der Waals surface area (Å²) >= 11 is 0. The summed E-state index contributed by atoms with van der Waals surface area (Å²) in [5, 5.41) is 6.35. The van der Waals surface area contributed by atoms with E-state index >= 15 is 0 Å². The largest absolute Gasteiger partial charge is 0.490 e. The van der Waals surface area contributed by atoms with E-state index < -0.39 is 0 Å². The topological polar surface area (TPSA) is 59.1 Å². The third-order valence-corrected chi connectivity index (χ3v) is 3.18. The van der Waals surface area contributed by atoms with Crippen LogP contribution in [0, 0.1) is 6.92 Å². The van der Waals surface area contributed by atoms with Gasteiger partial charge in [-0.05, 0) is 19.4 Å². The molecule has 2 N–H and O–H groups in total. The minimum Gasteiger partial charge on any atom is -0.490 e. The first kappa shape index (κ1) is 14.1. The first-order valence-electron chi connectivity index (χ1n) is 6.55. The fourth-order valence-electron chi connectivity index (χ4n) is 1.99. The molecule has 1 aromatic heterocycles. The molecule has 0 bridgehead atoms. The van der Waals surface area contributed by atoms with Crippen LogP contribution in [-0.2, 0) is 0 Å². The van der Waals surface area contributed by atoms with Crippen LogP contribution in [0.2, 0.25) is 0 Å². The smallest absolute Gasteiger partial charge is 0.204 e. The van der Waals surface area contributed by atoms with E-state index in [1.54, 1.807) is 14.2 Å². The Morgan fingerprint density at radius 3 is 2.35 bits per heavy atom. The van der Waals surface area contributed by atoms with Gasteiger partial charge in [0, 0.05) is 7.05 Å². The molecule has 0 saturated heterocycles. The van der Waals surface area contributed by atoms with E-state index in [1.165, 1.54) is 17.5 Å². The third kappa shape index (κ3) is 2.99. The second-order valence-electron chi connectivity index (χ2n) is 4.63. The van der Waals surface area contributed by atoms with Gasteiger partial charge in [0.1, 0.15) is 6.33 Å². The van der Waals surface area contributed by atoms with Crippen molar-refractivity contribution < 1.29 is 4.74 Å². The second kappa shape index (κ2) is 6.23. The van der Waals surface area contributed by atoms with Gasteiger partial charge in [-0.25, -0.2) is 9.97 Å². The summed E-state index contributed by atoms with van der Waals surface area (Å²) in [4.78, 5) is 8.39. The molecule has 0 fully saturated rings. The molecule has 0 aliphatic rings. The third-order valence-electron chi connectivity index (χ3n) is 3.18. The van der Waals surface area contributed by atoms with Crippen LogP contribution in [0.5, 0.6) is 5.75 Å². The lowest BCUT2D eigenvalue weighted by molar-refractivity contribution is 0.414. The van der Waals surface area contributed by atoms with Crippen molar-refractivity contribution in [2.75, 3.05) is 24.8 Å². The van der Waals surface area contributed by atoms with Crippen LogP contribution in [0.4, 0.5) is 11.6 Å². The standard InChI is InChI=1S/C15H20N4O/c1-10-5-7-12(8-6-10)11(2)19-15-13(20-4)14(16-3)17-9-18-15/h5-9,11H,1-4H3,(H2,16,17,18,19). The molecule has 0 saturated carbocycles. The maximum Gasteiger partial charge on any atom is 0.204 e. The Hall–Kier alpha value is -2.30. The molecule has 0 spiro atoms. The zero-order chi connectivity index (χ0) is 14.5. The number of rotatable bonds is 5. The first-order chi connectivity index (χ1) is 9.65. The molecule has 106 valence electrons. The SMILES string of the molecule is CNc1ncnc(NC(C)c2ccc(C)cc2)c1OC. The highest BCUT2D eigenvalue weighted by Gasteiger charge is 2.14. The zero-order valence-corrected chi connectivity index (χ0v) is 12.3. The predicted octanol–water partition coefficient (Wildman–Crippen LogP) is 3.01. The fourth-order valence-corrected chi connectivity index (χ4v) is 1.99. The Morgan fingerprint density at radius 1 is 1.10 bits per heavy atom.